The number of fused-ring (bicyclic) bond motifs is 1. The first kappa shape index (κ1) is 28.2. The number of carbonyl (C=O) groups excluding carboxylic acids is 2. The monoisotopic (exact) mass is 582 g/mol. The van der Waals surface area contributed by atoms with Crippen molar-refractivity contribution in [3.8, 4) is 0 Å². The van der Waals surface area contributed by atoms with Crippen LogP contribution in [0, 0.1) is 6.92 Å². The maximum Gasteiger partial charge on any atom is 0.338 e. The maximum absolute atomic E-state index is 13.4. The molecule has 2 aliphatic heterocycles. The van der Waals surface area contributed by atoms with Crippen LogP contribution in [0.1, 0.15) is 38.1 Å². The van der Waals surface area contributed by atoms with Crippen molar-refractivity contribution < 1.29 is 33.3 Å². The van der Waals surface area contributed by atoms with Crippen LogP contribution in [0.5, 0.6) is 0 Å². The lowest BCUT2D eigenvalue weighted by molar-refractivity contribution is -0.317. The summed E-state index contributed by atoms with van der Waals surface area (Å²) in [4.78, 5) is 27.8. The maximum atomic E-state index is 13.4. The first-order valence-corrected chi connectivity index (χ1v) is 14.7. The molecule has 0 aromatic heterocycles. The molecule has 0 radical (unpaired) electrons. The topological polar surface area (TPSA) is 80.3 Å². The van der Waals surface area contributed by atoms with Gasteiger partial charge in [-0.3, -0.25) is 0 Å². The Morgan fingerprint density at radius 2 is 1.24 bits per heavy atom. The molecule has 0 N–H and O–H groups in total. The van der Waals surface area contributed by atoms with Crippen LogP contribution in [0.4, 0.5) is 0 Å². The van der Waals surface area contributed by atoms with Crippen molar-refractivity contribution in [1.29, 1.82) is 0 Å². The highest BCUT2D eigenvalue weighted by Crippen LogP contribution is 2.41. The van der Waals surface area contributed by atoms with Crippen molar-refractivity contribution >= 4 is 23.7 Å². The Morgan fingerprint density at radius 3 is 1.83 bits per heavy atom. The van der Waals surface area contributed by atoms with E-state index < -0.39 is 48.1 Å². The van der Waals surface area contributed by atoms with Crippen molar-refractivity contribution in [3.63, 3.8) is 0 Å². The number of thioether (sulfide) groups is 1. The molecule has 2 saturated heterocycles. The number of benzene rings is 4. The average Bonchev–Trinajstić information content (AvgIpc) is 3.04. The lowest BCUT2D eigenvalue weighted by atomic mass is 9.98. The van der Waals surface area contributed by atoms with Crippen molar-refractivity contribution in [2.75, 3.05) is 6.61 Å². The van der Waals surface area contributed by atoms with E-state index in [-0.39, 0.29) is 6.61 Å². The number of hydrogen-bond donors (Lipinski definition) is 0. The third-order valence-electron chi connectivity index (χ3n) is 7.13. The molecule has 1 unspecified atom stereocenters. The number of rotatable bonds is 7. The van der Waals surface area contributed by atoms with Gasteiger partial charge in [0.15, 0.2) is 18.5 Å². The van der Waals surface area contributed by atoms with Gasteiger partial charge in [0, 0.05) is 10.5 Å². The quantitative estimate of drug-likeness (QED) is 0.232. The van der Waals surface area contributed by atoms with E-state index in [4.69, 9.17) is 23.7 Å². The highest BCUT2D eigenvalue weighted by Gasteiger charge is 2.54. The molecule has 0 aliphatic carbocycles. The smallest absolute Gasteiger partial charge is 0.338 e. The first-order chi connectivity index (χ1) is 20.5. The van der Waals surface area contributed by atoms with Crippen LogP contribution >= 0.6 is 11.8 Å². The van der Waals surface area contributed by atoms with Gasteiger partial charge in [-0.2, -0.15) is 0 Å². The predicted molar refractivity (Wildman–Crippen MR) is 157 cm³/mol. The number of ether oxygens (including phenoxy) is 5. The molecule has 4 aromatic rings. The summed E-state index contributed by atoms with van der Waals surface area (Å²) in [5, 5.41) is 0. The third kappa shape index (κ3) is 6.42. The molecule has 6 rings (SSSR count). The minimum absolute atomic E-state index is 0.202. The van der Waals surface area contributed by atoms with E-state index in [0.29, 0.717) is 11.1 Å². The average molecular weight is 583 g/mol. The zero-order valence-electron chi connectivity index (χ0n) is 22.9. The zero-order valence-corrected chi connectivity index (χ0v) is 23.7. The van der Waals surface area contributed by atoms with E-state index in [1.54, 1.807) is 48.5 Å². The third-order valence-corrected chi connectivity index (χ3v) is 8.29. The molecule has 0 amide bonds. The van der Waals surface area contributed by atoms with Gasteiger partial charge >= 0.3 is 11.9 Å². The van der Waals surface area contributed by atoms with Crippen LogP contribution in [0.25, 0.3) is 0 Å². The van der Waals surface area contributed by atoms with Gasteiger partial charge in [0.1, 0.15) is 17.6 Å². The number of hydrogen-bond acceptors (Lipinski definition) is 8. The summed E-state index contributed by atoms with van der Waals surface area (Å²) in [7, 11) is 0. The molecule has 0 bridgehead atoms. The Hall–Kier alpha value is -3.95. The van der Waals surface area contributed by atoms with Crippen LogP contribution in [-0.2, 0) is 23.7 Å². The molecule has 8 heteroatoms. The molecule has 2 heterocycles. The van der Waals surface area contributed by atoms with Gasteiger partial charge in [-0.15, -0.1) is 0 Å². The van der Waals surface area contributed by atoms with Gasteiger partial charge in [0.2, 0.25) is 0 Å². The van der Waals surface area contributed by atoms with Crippen LogP contribution in [0.2, 0.25) is 0 Å². The Morgan fingerprint density at radius 1 is 0.690 bits per heavy atom. The summed E-state index contributed by atoms with van der Waals surface area (Å²) in [5.74, 6) is -1.10. The lowest BCUT2D eigenvalue weighted by Gasteiger charge is -2.48. The summed E-state index contributed by atoms with van der Waals surface area (Å²) < 4.78 is 31.3. The van der Waals surface area contributed by atoms with E-state index in [0.717, 1.165) is 16.0 Å². The molecule has 2 fully saturated rings. The molecule has 4 aromatic carbocycles. The number of esters is 2. The number of aryl methyl sites for hydroxylation is 1. The fraction of sp³-hybridized carbons (Fsp3) is 0.235. The Balaban J connectivity index is 1.36. The van der Waals surface area contributed by atoms with E-state index in [1.807, 2.05) is 73.7 Å². The fourth-order valence-electron chi connectivity index (χ4n) is 4.96. The van der Waals surface area contributed by atoms with Crippen LogP contribution in [0.15, 0.2) is 120 Å². The molecular formula is C34H30O7S. The standard InChI is InChI=1S/C34H30O7S/c1-22-17-19-26(20-18-22)42-34-30(40-32(36)24-13-7-3-8-14-24)29(39-31(35)23-11-5-2-6-12-23)28-27(38-34)21-37-33(41-28)25-15-9-4-10-16-25/h2-20,27-30,33-34H,21H2,1H3/t27-,28-,29+,30-,33?,34+/m1/s1. The zero-order chi connectivity index (χ0) is 28.9. The van der Waals surface area contributed by atoms with Crippen molar-refractivity contribution in [3.05, 3.63) is 138 Å². The highest BCUT2D eigenvalue weighted by molar-refractivity contribution is 7.99. The highest BCUT2D eigenvalue weighted by atomic mass is 32.2. The minimum Gasteiger partial charge on any atom is -0.452 e. The van der Waals surface area contributed by atoms with Crippen molar-refractivity contribution in [1.82, 2.24) is 0 Å². The summed E-state index contributed by atoms with van der Waals surface area (Å²) in [6, 6.07) is 34.9. The molecule has 0 spiro atoms. The van der Waals surface area contributed by atoms with E-state index >= 15 is 0 Å². The molecule has 214 valence electrons. The van der Waals surface area contributed by atoms with Crippen molar-refractivity contribution in [2.24, 2.45) is 0 Å². The van der Waals surface area contributed by atoms with Crippen LogP contribution in [-0.4, -0.2) is 48.4 Å². The molecular weight excluding hydrogens is 552 g/mol. The molecule has 0 saturated carbocycles. The van der Waals surface area contributed by atoms with Gasteiger partial charge in [-0.05, 0) is 43.3 Å². The van der Waals surface area contributed by atoms with Crippen LogP contribution < -0.4 is 0 Å². The normalized spacial score (nSPS) is 25.2. The Kier molecular flexibility index (Phi) is 8.67. The van der Waals surface area contributed by atoms with E-state index in [9.17, 15) is 9.59 Å². The molecule has 7 nitrogen and oxygen atoms in total. The van der Waals surface area contributed by atoms with Crippen molar-refractivity contribution in [2.45, 2.75) is 48.0 Å². The van der Waals surface area contributed by atoms with Gasteiger partial charge in [0.25, 0.3) is 0 Å². The summed E-state index contributed by atoms with van der Waals surface area (Å²) in [6.07, 6.45) is -4.02. The predicted octanol–water partition coefficient (Wildman–Crippen LogP) is 6.38. The second kappa shape index (κ2) is 12.9. The Bertz CT molecular complexity index is 1480. The van der Waals surface area contributed by atoms with Crippen LogP contribution in [0.3, 0.4) is 0 Å². The minimum atomic E-state index is -0.993. The van der Waals surface area contributed by atoms with Gasteiger partial charge in [-0.1, -0.05) is 96.2 Å². The van der Waals surface area contributed by atoms with E-state index in [1.165, 1.54) is 11.8 Å². The SMILES string of the molecule is Cc1ccc(S[C@@H]2O[C@@H]3COC(c4ccccc4)O[C@H]3[C@H](OC(=O)c3ccccc3)[C@H]2OC(=O)c2ccccc2)cc1. The van der Waals surface area contributed by atoms with Gasteiger partial charge < -0.3 is 23.7 Å². The first-order valence-electron chi connectivity index (χ1n) is 13.8. The van der Waals surface area contributed by atoms with E-state index in [2.05, 4.69) is 0 Å². The van der Waals surface area contributed by atoms with Gasteiger partial charge in [0.05, 0.1) is 17.7 Å². The number of carbonyl (C=O) groups is 2. The fourth-order valence-corrected chi connectivity index (χ4v) is 6.07. The molecule has 42 heavy (non-hydrogen) atoms. The summed E-state index contributed by atoms with van der Waals surface area (Å²) >= 11 is 1.40. The lowest BCUT2D eigenvalue weighted by Crippen LogP contribution is -2.63. The summed E-state index contributed by atoms with van der Waals surface area (Å²) in [6.45, 7) is 2.22. The molecule has 2 aliphatic rings. The second-order valence-electron chi connectivity index (χ2n) is 10.1. The summed E-state index contributed by atoms with van der Waals surface area (Å²) in [5.41, 5.74) is 1.98. The largest absolute Gasteiger partial charge is 0.452 e. The van der Waals surface area contributed by atoms with Gasteiger partial charge in [-0.25, -0.2) is 9.59 Å². The Labute approximate surface area is 248 Å². The second-order valence-corrected chi connectivity index (χ2v) is 11.3. The molecule has 6 atom stereocenters.